The van der Waals surface area contributed by atoms with Crippen molar-refractivity contribution in [1.29, 1.82) is 0 Å². The Bertz CT molecular complexity index is 874. The Labute approximate surface area is 348 Å². The fraction of sp³-hybridized carbons (Fsp3) is 0.880. The molecule has 0 aromatic heterocycles. The maximum Gasteiger partial charge on any atom is 0.305 e. The lowest BCUT2D eigenvalue weighted by molar-refractivity contribution is -0.143. The molecule has 0 aliphatic carbocycles. The van der Waals surface area contributed by atoms with Crippen molar-refractivity contribution in [2.45, 2.75) is 270 Å². The normalized spacial score (nSPS) is 12.9. The minimum atomic E-state index is -0.858. The van der Waals surface area contributed by atoms with E-state index in [1.54, 1.807) is 6.08 Å². The lowest BCUT2D eigenvalue weighted by Gasteiger charge is -2.20. The number of hydrogen-bond donors (Lipinski definition) is 3. The van der Waals surface area contributed by atoms with E-state index in [9.17, 15) is 19.8 Å². The number of hydrogen-bond acceptors (Lipinski definition) is 5. The first-order valence-electron chi connectivity index (χ1n) is 24.6. The minimum Gasteiger partial charge on any atom is -0.466 e. The van der Waals surface area contributed by atoms with Crippen LogP contribution in [0.2, 0.25) is 0 Å². The SMILES string of the molecule is CCCCCCCCC/C=C\CCCCCCCC(=O)OCCCCCCCCCCCCC(=O)NC(CO)C(O)/C=C/CCCCCCCCCCCCC. The van der Waals surface area contributed by atoms with Crippen molar-refractivity contribution in [2.75, 3.05) is 13.2 Å². The molecule has 0 bridgehead atoms. The van der Waals surface area contributed by atoms with E-state index in [1.165, 1.54) is 173 Å². The molecule has 0 heterocycles. The Morgan fingerprint density at radius 1 is 0.482 bits per heavy atom. The molecule has 6 nitrogen and oxygen atoms in total. The smallest absolute Gasteiger partial charge is 0.305 e. The van der Waals surface area contributed by atoms with Gasteiger partial charge < -0.3 is 20.3 Å². The van der Waals surface area contributed by atoms with Gasteiger partial charge in [-0.3, -0.25) is 9.59 Å². The Hall–Kier alpha value is -1.66. The number of rotatable bonds is 45. The Morgan fingerprint density at radius 2 is 0.839 bits per heavy atom. The van der Waals surface area contributed by atoms with Crippen molar-refractivity contribution < 1.29 is 24.5 Å². The number of carbonyl (C=O) groups is 2. The van der Waals surface area contributed by atoms with E-state index in [4.69, 9.17) is 4.74 Å². The molecule has 0 spiro atoms. The third-order valence-electron chi connectivity index (χ3n) is 11.2. The first-order valence-corrected chi connectivity index (χ1v) is 24.6. The maximum absolute atomic E-state index is 12.4. The lowest BCUT2D eigenvalue weighted by Crippen LogP contribution is -2.45. The molecule has 2 unspecified atom stereocenters. The number of aliphatic hydroxyl groups is 2. The van der Waals surface area contributed by atoms with Gasteiger partial charge >= 0.3 is 5.97 Å². The van der Waals surface area contributed by atoms with Gasteiger partial charge in [0.15, 0.2) is 0 Å². The zero-order valence-electron chi connectivity index (χ0n) is 37.4. The van der Waals surface area contributed by atoms with E-state index in [0.717, 1.165) is 57.8 Å². The number of nitrogens with one attached hydrogen (secondary N) is 1. The number of allylic oxidation sites excluding steroid dienone is 3. The van der Waals surface area contributed by atoms with Crippen LogP contribution in [0.15, 0.2) is 24.3 Å². The molecule has 56 heavy (non-hydrogen) atoms. The second-order valence-corrected chi connectivity index (χ2v) is 16.8. The van der Waals surface area contributed by atoms with E-state index >= 15 is 0 Å². The van der Waals surface area contributed by atoms with Gasteiger partial charge in [0.25, 0.3) is 0 Å². The number of aliphatic hydroxyl groups excluding tert-OH is 2. The van der Waals surface area contributed by atoms with Crippen LogP contribution in [0.3, 0.4) is 0 Å². The highest BCUT2D eigenvalue weighted by atomic mass is 16.5. The standard InChI is InChI=1S/C50H95NO5/c1-3-5-7-9-11-13-15-17-18-19-21-23-28-32-36-40-44-50(55)56-45-41-37-33-29-25-24-27-31-35-39-43-49(54)51-47(46-52)48(53)42-38-34-30-26-22-20-16-14-12-10-8-6-4-2/h18-19,38,42,47-48,52-53H,3-17,20-37,39-41,43-46H2,1-2H3,(H,51,54)/b19-18-,42-38+. The van der Waals surface area contributed by atoms with Crippen molar-refractivity contribution in [3.05, 3.63) is 24.3 Å². The summed E-state index contributed by atoms with van der Waals surface area (Å²) >= 11 is 0. The van der Waals surface area contributed by atoms with Crippen LogP contribution in [-0.4, -0.2) is 47.4 Å². The van der Waals surface area contributed by atoms with Crippen molar-refractivity contribution in [3.8, 4) is 0 Å². The summed E-state index contributed by atoms with van der Waals surface area (Å²) in [6.07, 6.45) is 53.1. The van der Waals surface area contributed by atoms with Gasteiger partial charge in [-0.25, -0.2) is 0 Å². The van der Waals surface area contributed by atoms with Crippen LogP contribution in [0.4, 0.5) is 0 Å². The third-order valence-corrected chi connectivity index (χ3v) is 11.2. The highest BCUT2D eigenvalue weighted by molar-refractivity contribution is 5.76. The van der Waals surface area contributed by atoms with E-state index in [-0.39, 0.29) is 18.5 Å². The zero-order chi connectivity index (χ0) is 40.8. The van der Waals surface area contributed by atoms with Gasteiger partial charge in [-0.1, -0.05) is 212 Å². The summed E-state index contributed by atoms with van der Waals surface area (Å²) in [6, 6.07) is -0.644. The van der Waals surface area contributed by atoms with Crippen LogP contribution >= 0.6 is 0 Å². The second-order valence-electron chi connectivity index (χ2n) is 16.8. The highest BCUT2D eigenvalue weighted by Crippen LogP contribution is 2.15. The molecule has 0 rings (SSSR count). The van der Waals surface area contributed by atoms with Gasteiger partial charge in [-0.15, -0.1) is 0 Å². The number of amides is 1. The summed E-state index contributed by atoms with van der Waals surface area (Å²) < 4.78 is 5.45. The topological polar surface area (TPSA) is 95.9 Å². The molecule has 0 aromatic rings. The van der Waals surface area contributed by atoms with E-state index < -0.39 is 12.1 Å². The summed E-state index contributed by atoms with van der Waals surface area (Å²) in [6.45, 7) is 4.83. The zero-order valence-corrected chi connectivity index (χ0v) is 37.4. The van der Waals surface area contributed by atoms with Crippen LogP contribution in [0.5, 0.6) is 0 Å². The molecule has 0 radical (unpaired) electrons. The highest BCUT2D eigenvalue weighted by Gasteiger charge is 2.18. The Kier molecular flexibility index (Phi) is 44.7. The quantitative estimate of drug-likeness (QED) is 0.0324. The fourth-order valence-corrected chi connectivity index (χ4v) is 7.39. The maximum atomic E-state index is 12.4. The lowest BCUT2D eigenvalue weighted by atomic mass is 10.0. The molecular weight excluding hydrogens is 695 g/mol. The predicted octanol–water partition coefficient (Wildman–Crippen LogP) is 14.3. The average molecular weight is 790 g/mol. The molecule has 330 valence electrons. The van der Waals surface area contributed by atoms with Crippen molar-refractivity contribution >= 4 is 11.9 Å². The number of unbranched alkanes of at least 4 members (excludes halogenated alkanes) is 32. The molecule has 0 aliphatic heterocycles. The molecule has 0 saturated carbocycles. The molecule has 0 aliphatic rings. The number of carbonyl (C=O) groups excluding carboxylic acids is 2. The van der Waals surface area contributed by atoms with Gasteiger partial charge in [-0.05, 0) is 57.8 Å². The molecule has 0 saturated heterocycles. The largest absolute Gasteiger partial charge is 0.466 e. The Morgan fingerprint density at radius 3 is 1.27 bits per heavy atom. The van der Waals surface area contributed by atoms with Gasteiger partial charge in [0, 0.05) is 12.8 Å². The first-order chi connectivity index (χ1) is 27.5. The van der Waals surface area contributed by atoms with E-state index in [1.807, 2.05) is 6.08 Å². The van der Waals surface area contributed by atoms with Crippen LogP contribution in [0.1, 0.15) is 258 Å². The molecule has 3 N–H and O–H groups in total. The fourth-order valence-electron chi connectivity index (χ4n) is 7.39. The summed E-state index contributed by atoms with van der Waals surface area (Å²) in [7, 11) is 0. The van der Waals surface area contributed by atoms with Crippen LogP contribution in [0.25, 0.3) is 0 Å². The number of esters is 1. The van der Waals surface area contributed by atoms with Gasteiger partial charge in [0.1, 0.15) is 0 Å². The number of ether oxygens (including phenoxy) is 1. The van der Waals surface area contributed by atoms with Gasteiger partial charge in [0.05, 0.1) is 25.4 Å². The second kappa shape index (κ2) is 46.0. The van der Waals surface area contributed by atoms with E-state index in [0.29, 0.717) is 19.4 Å². The van der Waals surface area contributed by atoms with Gasteiger partial charge in [-0.2, -0.15) is 0 Å². The predicted molar refractivity (Wildman–Crippen MR) is 241 cm³/mol. The molecular formula is C50H95NO5. The van der Waals surface area contributed by atoms with E-state index in [2.05, 4.69) is 31.3 Å². The molecule has 0 fully saturated rings. The summed E-state index contributed by atoms with van der Waals surface area (Å²) in [5.41, 5.74) is 0. The molecule has 6 heteroatoms. The summed E-state index contributed by atoms with van der Waals surface area (Å²) in [5, 5.41) is 23.0. The Balaban J connectivity index is 3.51. The monoisotopic (exact) mass is 790 g/mol. The van der Waals surface area contributed by atoms with Crippen molar-refractivity contribution in [3.63, 3.8) is 0 Å². The van der Waals surface area contributed by atoms with Crippen LogP contribution in [-0.2, 0) is 14.3 Å². The first kappa shape index (κ1) is 54.3. The summed E-state index contributed by atoms with van der Waals surface area (Å²) in [4.78, 5) is 24.4. The minimum absolute atomic E-state index is 0.0287. The third kappa shape index (κ3) is 42.0. The van der Waals surface area contributed by atoms with Crippen molar-refractivity contribution in [2.24, 2.45) is 0 Å². The average Bonchev–Trinajstić information content (AvgIpc) is 3.20. The van der Waals surface area contributed by atoms with Gasteiger partial charge in [0.2, 0.25) is 5.91 Å². The van der Waals surface area contributed by atoms with Crippen molar-refractivity contribution in [1.82, 2.24) is 5.32 Å². The molecule has 1 amide bonds. The van der Waals surface area contributed by atoms with Crippen LogP contribution < -0.4 is 5.32 Å². The summed E-state index contributed by atoms with van der Waals surface area (Å²) in [5.74, 6) is -0.121. The molecule has 0 aromatic carbocycles. The van der Waals surface area contributed by atoms with Crippen LogP contribution in [0, 0.1) is 0 Å². The molecule has 2 atom stereocenters.